The number of aliphatic hydroxyl groups excluding tert-OH is 1. The number of carboxylic acids is 1. The van der Waals surface area contributed by atoms with Crippen LogP contribution in [0.4, 0.5) is 5.82 Å². The molecule has 0 aliphatic rings. The topological polar surface area (TPSA) is 95.3 Å². The Bertz CT molecular complexity index is 368. The van der Waals surface area contributed by atoms with Crippen molar-refractivity contribution in [1.29, 1.82) is 0 Å². The molecule has 0 unspecified atom stereocenters. The molecule has 0 radical (unpaired) electrons. The van der Waals surface area contributed by atoms with Crippen molar-refractivity contribution in [2.24, 2.45) is 5.92 Å². The van der Waals surface area contributed by atoms with Crippen molar-refractivity contribution in [2.75, 3.05) is 11.9 Å². The number of aromatic carboxylic acids is 1. The summed E-state index contributed by atoms with van der Waals surface area (Å²) in [6, 6.07) is 1.13. The molecular formula is C10H15N3O3. The number of carbonyl (C=O) groups is 1. The van der Waals surface area contributed by atoms with E-state index in [0.717, 1.165) is 0 Å². The monoisotopic (exact) mass is 225 g/mol. The van der Waals surface area contributed by atoms with E-state index in [1.807, 2.05) is 13.8 Å². The van der Waals surface area contributed by atoms with E-state index in [1.165, 1.54) is 12.3 Å². The van der Waals surface area contributed by atoms with Gasteiger partial charge in [-0.1, -0.05) is 13.8 Å². The number of rotatable bonds is 5. The molecule has 0 aliphatic carbocycles. The first kappa shape index (κ1) is 12.4. The lowest BCUT2D eigenvalue weighted by Gasteiger charge is -2.20. The number of aromatic nitrogens is 2. The second-order valence-corrected chi connectivity index (χ2v) is 3.78. The van der Waals surface area contributed by atoms with Gasteiger partial charge in [0.1, 0.15) is 5.56 Å². The molecule has 1 heterocycles. The fraction of sp³-hybridized carbons (Fsp3) is 0.500. The van der Waals surface area contributed by atoms with E-state index in [9.17, 15) is 4.79 Å². The first-order valence-electron chi connectivity index (χ1n) is 4.98. The molecule has 0 saturated heterocycles. The molecule has 16 heavy (non-hydrogen) atoms. The molecule has 0 aliphatic heterocycles. The number of aliphatic hydroxyl groups is 1. The minimum Gasteiger partial charge on any atom is -0.478 e. The third-order valence-corrected chi connectivity index (χ3v) is 2.27. The zero-order chi connectivity index (χ0) is 12.1. The average Bonchev–Trinajstić information content (AvgIpc) is 2.25. The number of carboxylic acid groups (broad SMARTS) is 1. The summed E-state index contributed by atoms with van der Waals surface area (Å²) in [6.45, 7) is 3.75. The van der Waals surface area contributed by atoms with Gasteiger partial charge in [-0.2, -0.15) is 5.10 Å². The van der Waals surface area contributed by atoms with E-state index < -0.39 is 5.97 Å². The molecule has 1 aromatic heterocycles. The van der Waals surface area contributed by atoms with Gasteiger partial charge in [-0.15, -0.1) is 5.10 Å². The maximum atomic E-state index is 10.9. The number of hydrogen-bond donors (Lipinski definition) is 3. The van der Waals surface area contributed by atoms with E-state index in [0.29, 0.717) is 0 Å². The van der Waals surface area contributed by atoms with Crippen molar-refractivity contribution in [3.63, 3.8) is 0 Å². The van der Waals surface area contributed by atoms with Crippen LogP contribution in [-0.2, 0) is 0 Å². The van der Waals surface area contributed by atoms with Gasteiger partial charge in [0.15, 0.2) is 5.82 Å². The minimum atomic E-state index is -1.07. The maximum absolute atomic E-state index is 10.9. The Morgan fingerprint density at radius 2 is 2.25 bits per heavy atom. The second kappa shape index (κ2) is 5.41. The Hall–Kier alpha value is -1.69. The Labute approximate surface area is 93.3 Å². The van der Waals surface area contributed by atoms with Gasteiger partial charge < -0.3 is 15.5 Å². The highest BCUT2D eigenvalue weighted by Gasteiger charge is 2.17. The van der Waals surface area contributed by atoms with Gasteiger partial charge in [-0.05, 0) is 12.0 Å². The SMILES string of the molecule is CC(C)[C@@H](CO)Nc1nnccc1C(=O)O. The van der Waals surface area contributed by atoms with E-state index in [2.05, 4.69) is 15.5 Å². The van der Waals surface area contributed by atoms with Crippen LogP contribution in [-0.4, -0.2) is 39.0 Å². The summed E-state index contributed by atoms with van der Waals surface area (Å²) >= 11 is 0. The largest absolute Gasteiger partial charge is 0.478 e. The van der Waals surface area contributed by atoms with Gasteiger partial charge in [-0.3, -0.25) is 0 Å². The minimum absolute atomic E-state index is 0.0501. The smallest absolute Gasteiger partial charge is 0.339 e. The van der Waals surface area contributed by atoms with Crippen LogP contribution >= 0.6 is 0 Å². The third-order valence-electron chi connectivity index (χ3n) is 2.27. The molecule has 1 atom stereocenters. The molecule has 6 heteroatoms. The van der Waals surface area contributed by atoms with E-state index >= 15 is 0 Å². The first-order valence-corrected chi connectivity index (χ1v) is 4.98. The molecule has 0 amide bonds. The second-order valence-electron chi connectivity index (χ2n) is 3.78. The molecule has 0 bridgehead atoms. The van der Waals surface area contributed by atoms with Crippen LogP contribution in [0.3, 0.4) is 0 Å². The zero-order valence-corrected chi connectivity index (χ0v) is 9.21. The first-order chi connectivity index (χ1) is 7.56. The Morgan fingerprint density at radius 3 is 2.75 bits per heavy atom. The van der Waals surface area contributed by atoms with Crippen molar-refractivity contribution < 1.29 is 15.0 Å². The van der Waals surface area contributed by atoms with Gasteiger partial charge in [0.25, 0.3) is 0 Å². The van der Waals surface area contributed by atoms with Crippen molar-refractivity contribution in [3.8, 4) is 0 Å². The van der Waals surface area contributed by atoms with Crippen molar-refractivity contribution in [1.82, 2.24) is 10.2 Å². The van der Waals surface area contributed by atoms with Gasteiger partial charge >= 0.3 is 5.97 Å². The summed E-state index contributed by atoms with van der Waals surface area (Å²) in [5.41, 5.74) is 0.0501. The highest BCUT2D eigenvalue weighted by Crippen LogP contribution is 2.14. The van der Waals surface area contributed by atoms with Crippen LogP contribution in [0.15, 0.2) is 12.3 Å². The highest BCUT2D eigenvalue weighted by atomic mass is 16.4. The molecule has 3 N–H and O–H groups in total. The zero-order valence-electron chi connectivity index (χ0n) is 9.21. The lowest BCUT2D eigenvalue weighted by atomic mass is 10.1. The van der Waals surface area contributed by atoms with E-state index in [-0.39, 0.29) is 29.9 Å². The van der Waals surface area contributed by atoms with Crippen molar-refractivity contribution in [3.05, 3.63) is 17.8 Å². The summed E-state index contributed by atoms with van der Waals surface area (Å²) in [4.78, 5) is 10.9. The van der Waals surface area contributed by atoms with Crippen LogP contribution < -0.4 is 5.32 Å². The Morgan fingerprint density at radius 1 is 1.56 bits per heavy atom. The standard InChI is InChI=1S/C10H15N3O3/c1-6(2)8(5-14)12-9-7(10(15)16)3-4-11-13-9/h3-4,6,8,14H,5H2,1-2H3,(H,12,13)(H,15,16)/t8-/m1/s1. The van der Waals surface area contributed by atoms with Gasteiger partial charge in [0, 0.05) is 0 Å². The van der Waals surface area contributed by atoms with Crippen molar-refractivity contribution >= 4 is 11.8 Å². The quantitative estimate of drug-likeness (QED) is 0.679. The molecule has 0 saturated carbocycles. The third kappa shape index (κ3) is 2.90. The van der Waals surface area contributed by atoms with Gasteiger partial charge in [0.2, 0.25) is 0 Å². The normalized spacial score (nSPS) is 12.5. The number of hydrogen-bond acceptors (Lipinski definition) is 5. The summed E-state index contributed by atoms with van der Waals surface area (Å²) in [6.07, 6.45) is 1.32. The van der Waals surface area contributed by atoms with Crippen LogP contribution in [0, 0.1) is 5.92 Å². The highest BCUT2D eigenvalue weighted by molar-refractivity contribution is 5.92. The molecule has 6 nitrogen and oxygen atoms in total. The van der Waals surface area contributed by atoms with Crippen LogP contribution in [0.2, 0.25) is 0 Å². The summed E-state index contributed by atoms with van der Waals surface area (Å²) in [5, 5.41) is 28.3. The van der Waals surface area contributed by atoms with E-state index in [1.54, 1.807) is 0 Å². The van der Waals surface area contributed by atoms with Gasteiger partial charge in [0.05, 0.1) is 18.8 Å². The molecule has 0 fully saturated rings. The fourth-order valence-corrected chi connectivity index (χ4v) is 1.21. The predicted octanol–water partition coefficient (Wildman–Crippen LogP) is 0.604. The lowest BCUT2D eigenvalue weighted by Crippen LogP contribution is -2.30. The Kier molecular flexibility index (Phi) is 4.19. The van der Waals surface area contributed by atoms with Crippen LogP contribution in [0.5, 0.6) is 0 Å². The fourth-order valence-electron chi connectivity index (χ4n) is 1.21. The maximum Gasteiger partial charge on any atom is 0.339 e. The molecule has 0 aromatic carbocycles. The molecule has 88 valence electrons. The summed E-state index contributed by atoms with van der Waals surface area (Å²) in [5.74, 6) is -0.728. The lowest BCUT2D eigenvalue weighted by molar-refractivity contribution is 0.0697. The van der Waals surface area contributed by atoms with E-state index in [4.69, 9.17) is 10.2 Å². The molecule has 1 rings (SSSR count). The molecule has 1 aromatic rings. The number of anilines is 1. The summed E-state index contributed by atoms with van der Waals surface area (Å²) in [7, 11) is 0. The summed E-state index contributed by atoms with van der Waals surface area (Å²) < 4.78 is 0. The Balaban J connectivity index is 2.91. The van der Waals surface area contributed by atoms with Gasteiger partial charge in [-0.25, -0.2) is 4.79 Å². The predicted molar refractivity (Wildman–Crippen MR) is 58.3 cm³/mol. The molecular weight excluding hydrogens is 210 g/mol. The van der Waals surface area contributed by atoms with Crippen molar-refractivity contribution in [2.45, 2.75) is 19.9 Å². The van der Waals surface area contributed by atoms with Crippen LogP contribution in [0.1, 0.15) is 24.2 Å². The number of nitrogens with zero attached hydrogens (tertiary/aromatic N) is 2. The average molecular weight is 225 g/mol. The number of nitrogens with one attached hydrogen (secondary N) is 1. The van der Waals surface area contributed by atoms with Crippen LogP contribution in [0.25, 0.3) is 0 Å². The molecule has 0 spiro atoms.